The van der Waals surface area contributed by atoms with Gasteiger partial charge in [-0.15, -0.1) is 0 Å². The van der Waals surface area contributed by atoms with E-state index in [2.05, 4.69) is 33.9 Å². The van der Waals surface area contributed by atoms with Crippen LogP contribution in [0.15, 0.2) is 0 Å². The van der Waals surface area contributed by atoms with Crippen LogP contribution in [-0.2, 0) is 23.6 Å². The monoisotopic (exact) mass is 343 g/mol. The van der Waals surface area contributed by atoms with Gasteiger partial charge in [0.05, 0.1) is 18.1 Å². The fourth-order valence-corrected chi connectivity index (χ4v) is 3.99. The Bertz CT molecular complexity index is 485. The predicted octanol–water partition coefficient (Wildman–Crippen LogP) is 2.54. The highest BCUT2D eigenvalue weighted by atomic mass is 28.4. The molecule has 7 heteroatoms. The Balaban J connectivity index is 2.94. The molecule has 0 aromatic carbocycles. The number of carbonyl (C=O) groups is 3. The van der Waals surface area contributed by atoms with Gasteiger partial charge >= 0.3 is 5.97 Å². The first-order valence-electron chi connectivity index (χ1n) is 7.98. The van der Waals surface area contributed by atoms with Crippen molar-refractivity contribution in [1.29, 1.82) is 0 Å². The van der Waals surface area contributed by atoms with Gasteiger partial charge in [-0.25, -0.2) is 0 Å². The maximum absolute atomic E-state index is 12.4. The van der Waals surface area contributed by atoms with Crippen LogP contribution in [0, 0.1) is 11.8 Å². The number of rotatable bonds is 6. The van der Waals surface area contributed by atoms with Gasteiger partial charge in [-0.1, -0.05) is 27.7 Å². The van der Waals surface area contributed by atoms with Crippen LogP contribution in [0.3, 0.4) is 0 Å². The molecule has 1 heterocycles. The summed E-state index contributed by atoms with van der Waals surface area (Å²) in [6.07, 6.45) is 0.447. The molecule has 1 aliphatic heterocycles. The van der Waals surface area contributed by atoms with Gasteiger partial charge in [-0.3, -0.25) is 9.59 Å². The summed E-state index contributed by atoms with van der Waals surface area (Å²) in [5.41, 5.74) is 0. The van der Waals surface area contributed by atoms with Crippen LogP contribution in [0.1, 0.15) is 41.5 Å². The molecule has 23 heavy (non-hydrogen) atoms. The van der Waals surface area contributed by atoms with Gasteiger partial charge in [0.15, 0.2) is 8.32 Å². The maximum atomic E-state index is 12.4. The molecule has 1 rings (SSSR count). The minimum Gasteiger partial charge on any atom is -0.413 e. The molecule has 1 fully saturated rings. The second kappa shape index (κ2) is 6.73. The van der Waals surface area contributed by atoms with E-state index in [4.69, 9.17) is 9.26 Å². The van der Waals surface area contributed by atoms with Crippen LogP contribution in [0.4, 0.5) is 0 Å². The topological polar surface area (TPSA) is 72.9 Å². The minimum absolute atomic E-state index is 0.0232. The highest BCUT2D eigenvalue weighted by molar-refractivity contribution is 6.74. The van der Waals surface area contributed by atoms with Crippen LogP contribution in [0.25, 0.3) is 0 Å². The molecule has 0 aliphatic carbocycles. The standard InChI is InChI=1S/C16H29NO5Si/c1-10(9-18)14-13(15(20)17(14)21-12(3)19)11(2)22-23(7,8)16(4,5)6/h9-11,13-14H,1-8H3/t10-,11+,13+,14+/m0/s1. The fourth-order valence-electron chi connectivity index (χ4n) is 2.56. The number of nitrogens with zero attached hydrogens (tertiary/aromatic N) is 1. The summed E-state index contributed by atoms with van der Waals surface area (Å²) in [5, 5.41) is 1.05. The second-order valence-corrected chi connectivity index (χ2v) is 12.6. The van der Waals surface area contributed by atoms with Gasteiger partial charge in [-0.05, 0) is 25.1 Å². The fraction of sp³-hybridized carbons (Fsp3) is 0.812. The van der Waals surface area contributed by atoms with Crippen molar-refractivity contribution in [3.8, 4) is 0 Å². The summed E-state index contributed by atoms with van der Waals surface area (Å²) < 4.78 is 6.29. The van der Waals surface area contributed by atoms with Crippen LogP contribution < -0.4 is 0 Å². The first-order chi connectivity index (χ1) is 10.3. The van der Waals surface area contributed by atoms with Crippen LogP contribution >= 0.6 is 0 Å². The molecular formula is C16H29NO5Si. The van der Waals surface area contributed by atoms with E-state index in [1.165, 1.54) is 6.92 Å². The largest absolute Gasteiger partial charge is 0.413 e. The molecule has 0 aromatic rings. The van der Waals surface area contributed by atoms with Gasteiger partial charge in [-0.2, -0.15) is 5.06 Å². The number of hydrogen-bond donors (Lipinski definition) is 0. The Morgan fingerprint density at radius 2 is 1.83 bits per heavy atom. The average Bonchev–Trinajstić information content (AvgIpc) is 2.38. The Morgan fingerprint density at radius 3 is 2.22 bits per heavy atom. The summed E-state index contributed by atoms with van der Waals surface area (Å²) >= 11 is 0. The molecule has 1 amide bonds. The molecular weight excluding hydrogens is 314 g/mol. The molecule has 0 bridgehead atoms. The van der Waals surface area contributed by atoms with E-state index in [1.54, 1.807) is 6.92 Å². The molecule has 0 N–H and O–H groups in total. The van der Waals surface area contributed by atoms with Gasteiger partial charge in [0.2, 0.25) is 0 Å². The Morgan fingerprint density at radius 1 is 1.30 bits per heavy atom. The lowest BCUT2D eigenvalue weighted by atomic mass is 9.79. The van der Waals surface area contributed by atoms with E-state index in [0.717, 1.165) is 11.3 Å². The Kier molecular flexibility index (Phi) is 5.80. The number of hydroxylamine groups is 2. The van der Waals surface area contributed by atoms with E-state index in [-0.39, 0.29) is 17.0 Å². The predicted molar refractivity (Wildman–Crippen MR) is 88.9 cm³/mol. The quantitative estimate of drug-likeness (QED) is 0.421. The molecule has 4 atom stereocenters. The van der Waals surface area contributed by atoms with Crippen molar-refractivity contribution in [2.75, 3.05) is 0 Å². The third-order valence-electron chi connectivity index (χ3n) is 4.91. The minimum atomic E-state index is -2.04. The molecule has 0 radical (unpaired) electrons. The van der Waals surface area contributed by atoms with Crippen molar-refractivity contribution < 1.29 is 23.6 Å². The second-order valence-electron chi connectivity index (χ2n) is 7.84. The first-order valence-corrected chi connectivity index (χ1v) is 10.9. The van der Waals surface area contributed by atoms with Gasteiger partial charge in [0, 0.05) is 12.8 Å². The highest BCUT2D eigenvalue weighted by Crippen LogP contribution is 2.41. The zero-order chi connectivity index (χ0) is 18.2. The van der Waals surface area contributed by atoms with Gasteiger partial charge < -0.3 is 14.1 Å². The van der Waals surface area contributed by atoms with E-state index in [0.29, 0.717) is 0 Å². The summed E-state index contributed by atoms with van der Waals surface area (Å²) in [6, 6.07) is -0.469. The van der Waals surface area contributed by atoms with Crippen molar-refractivity contribution in [2.45, 2.75) is 71.8 Å². The molecule has 0 unspecified atom stereocenters. The van der Waals surface area contributed by atoms with Crippen molar-refractivity contribution >= 4 is 26.5 Å². The lowest BCUT2D eigenvalue weighted by Gasteiger charge is -2.50. The van der Waals surface area contributed by atoms with Crippen molar-refractivity contribution in [3.63, 3.8) is 0 Å². The molecule has 132 valence electrons. The van der Waals surface area contributed by atoms with Gasteiger partial charge in [0.25, 0.3) is 5.91 Å². The van der Waals surface area contributed by atoms with E-state index in [1.807, 2.05) is 6.92 Å². The third kappa shape index (κ3) is 4.01. The summed E-state index contributed by atoms with van der Waals surface area (Å²) in [4.78, 5) is 39.7. The van der Waals surface area contributed by atoms with Crippen molar-refractivity contribution in [2.24, 2.45) is 11.8 Å². The summed E-state index contributed by atoms with van der Waals surface area (Å²) in [6.45, 7) is 15.4. The van der Waals surface area contributed by atoms with Crippen LogP contribution in [0.2, 0.25) is 18.1 Å². The third-order valence-corrected chi connectivity index (χ3v) is 9.49. The molecule has 0 aromatic heterocycles. The molecule has 0 saturated carbocycles. The average molecular weight is 343 g/mol. The molecule has 6 nitrogen and oxygen atoms in total. The Labute approximate surface area is 139 Å². The van der Waals surface area contributed by atoms with Crippen LogP contribution in [0.5, 0.6) is 0 Å². The van der Waals surface area contributed by atoms with Gasteiger partial charge in [0.1, 0.15) is 6.29 Å². The van der Waals surface area contributed by atoms with Crippen LogP contribution in [-0.4, -0.2) is 43.7 Å². The summed E-state index contributed by atoms with van der Waals surface area (Å²) in [5.74, 6) is -1.77. The number of carbonyl (C=O) groups excluding carboxylic acids is 3. The summed E-state index contributed by atoms with van der Waals surface area (Å²) in [7, 11) is -2.04. The molecule has 0 spiro atoms. The lowest BCUT2D eigenvalue weighted by Crippen LogP contribution is -2.67. The van der Waals surface area contributed by atoms with Crippen molar-refractivity contribution in [3.05, 3.63) is 0 Å². The van der Waals surface area contributed by atoms with E-state index in [9.17, 15) is 14.4 Å². The highest BCUT2D eigenvalue weighted by Gasteiger charge is 2.56. The van der Waals surface area contributed by atoms with Crippen molar-refractivity contribution in [1.82, 2.24) is 5.06 Å². The maximum Gasteiger partial charge on any atom is 0.329 e. The smallest absolute Gasteiger partial charge is 0.329 e. The number of amides is 1. The SMILES string of the molecule is CC(=O)ON1C(=O)[C@H]([C@@H](C)O[Si](C)(C)C(C)(C)C)[C@H]1[C@@H](C)C=O. The first kappa shape index (κ1) is 19.8. The number of β-lactam (4-membered cyclic amide) rings is 1. The zero-order valence-corrected chi connectivity index (χ0v) is 16.4. The number of hydrogen-bond acceptors (Lipinski definition) is 5. The lowest BCUT2D eigenvalue weighted by molar-refractivity contribution is -0.248. The zero-order valence-electron chi connectivity index (χ0n) is 15.4. The van der Waals surface area contributed by atoms with E-state index < -0.39 is 32.2 Å². The molecule has 1 aliphatic rings. The number of aldehydes is 1. The molecule has 1 saturated heterocycles. The Hall–Kier alpha value is -1.21. The van der Waals surface area contributed by atoms with E-state index >= 15 is 0 Å². The normalized spacial score (nSPS) is 24.7.